The number of nitrogens with zero attached hydrogens (tertiary/aromatic N) is 4. The van der Waals surface area contributed by atoms with Crippen LogP contribution in [0.25, 0.3) is 89.2 Å². The lowest BCUT2D eigenvalue weighted by atomic mass is 10.0. The summed E-state index contributed by atoms with van der Waals surface area (Å²) >= 11 is 0. The van der Waals surface area contributed by atoms with Gasteiger partial charge in [0.25, 0.3) is 0 Å². The topological polar surface area (TPSA) is 68.2 Å². The van der Waals surface area contributed by atoms with E-state index in [-0.39, 0.29) is 0 Å². The third-order valence-corrected chi connectivity index (χ3v) is 10.5. The van der Waals surface area contributed by atoms with Crippen LogP contribution in [0.4, 0.5) is 17.1 Å². The fourth-order valence-corrected chi connectivity index (χ4v) is 7.75. The maximum Gasteiger partial charge on any atom is 0.164 e. The highest BCUT2D eigenvalue weighted by Crippen LogP contribution is 2.44. The van der Waals surface area contributed by atoms with Crippen molar-refractivity contribution >= 4 is 60.9 Å². The Labute approximate surface area is 328 Å². The summed E-state index contributed by atoms with van der Waals surface area (Å²) in [4.78, 5) is 17.0. The number of rotatable bonds is 7. The van der Waals surface area contributed by atoms with Crippen molar-refractivity contribution in [3.63, 3.8) is 0 Å². The Hall–Kier alpha value is -7.83. The van der Waals surface area contributed by atoms with Crippen LogP contribution in [0.1, 0.15) is 0 Å². The molecule has 11 aromatic rings. The molecule has 3 heterocycles. The lowest BCUT2D eigenvalue weighted by Crippen LogP contribution is -2.10. The first-order valence-corrected chi connectivity index (χ1v) is 18.9. The van der Waals surface area contributed by atoms with Crippen LogP contribution in [0, 0.1) is 0 Å². The highest BCUT2D eigenvalue weighted by Gasteiger charge is 2.21. The van der Waals surface area contributed by atoms with Gasteiger partial charge >= 0.3 is 0 Å². The third kappa shape index (κ3) is 5.79. The molecule has 3 aromatic heterocycles. The van der Waals surface area contributed by atoms with Crippen molar-refractivity contribution in [3.8, 4) is 45.3 Å². The van der Waals surface area contributed by atoms with Gasteiger partial charge in [0.05, 0.1) is 5.69 Å². The molecule has 268 valence electrons. The third-order valence-electron chi connectivity index (χ3n) is 10.5. The van der Waals surface area contributed by atoms with Crippen LogP contribution >= 0.6 is 0 Å². The molecule has 0 atom stereocenters. The van der Waals surface area contributed by atoms with Gasteiger partial charge in [-0.2, -0.15) is 0 Å². The van der Waals surface area contributed by atoms with Crippen LogP contribution < -0.4 is 4.90 Å². The average Bonchev–Trinajstić information content (AvgIpc) is 3.86. The average molecular weight is 733 g/mol. The minimum atomic E-state index is 0.579. The number of benzene rings is 8. The summed E-state index contributed by atoms with van der Waals surface area (Å²) < 4.78 is 13.2. The van der Waals surface area contributed by atoms with Crippen LogP contribution in [0.15, 0.2) is 203 Å². The van der Waals surface area contributed by atoms with E-state index in [0.717, 1.165) is 83.2 Å². The molecule has 0 aliphatic rings. The van der Waals surface area contributed by atoms with Gasteiger partial charge in [0, 0.05) is 49.6 Å². The van der Waals surface area contributed by atoms with Crippen molar-refractivity contribution in [2.45, 2.75) is 0 Å². The molecule has 0 amide bonds. The van der Waals surface area contributed by atoms with Gasteiger partial charge < -0.3 is 13.7 Å². The van der Waals surface area contributed by atoms with Gasteiger partial charge in [-0.25, -0.2) is 15.0 Å². The smallest absolute Gasteiger partial charge is 0.164 e. The van der Waals surface area contributed by atoms with Crippen LogP contribution in [-0.4, -0.2) is 15.0 Å². The summed E-state index contributed by atoms with van der Waals surface area (Å²) in [5, 5.41) is 4.16. The van der Waals surface area contributed by atoms with Gasteiger partial charge in [-0.1, -0.05) is 140 Å². The highest BCUT2D eigenvalue weighted by molar-refractivity contribution is 6.11. The molecular weight excluding hydrogens is 701 g/mol. The second-order valence-corrected chi connectivity index (χ2v) is 14.0. The summed E-state index contributed by atoms with van der Waals surface area (Å²) in [6.45, 7) is 0. The first kappa shape index (κ1) is 32.6. The summed E-state index contributed by atoms with van der Waals surface area (Å²) in [5.41, 5.74) is 11.2. The Morgan fingerprint density at radius 2 is 0.842 bits per heavy atom. The van der Waals surface area contributed by atoms with Crippen molar-refractivity contribution < 1.29 is 8.83 Å². The highest BCUT2D eigenvalue weighted by atomic mass is 16.3. The zero-order valence-electron chi connectivity index (χ0n) is 30.6. The van der Waals surface area contributed by atoms with E-state index < -0.39 is 0 Å². The summed E-state index contributed by atoms with van der Waals surface area (Å²) in [5.74, 6) is 1.81. The van der Waals surface area contributed by atoms with E-state index in [9.17, 15) is 0 Å². The fourth-order valence-electron chi connectivity index (χ4n) is 7.75. The summed E-state index contributed by atoms with van der Waals surface area (Å²) in [6, 6.07) is 66.3. The maximum atomic E-state index is 6.60. The maximum absolute atomic E-state index is 6.60. The second kappa shape index (κ2) is 13.5. The number of aromatic nitrogens is 3. The zero-order valence-corrected chi connectivity index (χ0v) is 30.6. The molecule has 0 aliphatic heterocycles. The lowest BCUT2D eigenvalue weighted by Gasteiger charge is -2.26. The Balaban J connectivity index is 1.05. The molecule has 0 radical (unpaired) electrons. The first-order valence-electron chi connectivity index (χ1n) is 18.9. The summed E-state index contributed by atoms with van der Waals surface area (Å²) in [7, 11) is 0. The fraction of sp³-hybridized carbons (Fsp3) is 0. The van der Waals surface area contributed by atoms with E-state index in [1.165, 1.54) is 5.56 Å². The number of anilines is 3. The van der Waals surface area contributed by atoms with Gasteiger partial charge in [0.15, 0.2) is 23.1 Å². The predicted molar refractivity (Wildman–Crippen MR) is 231 cm³/mol. The SMILES string of the molecule is c1ccc(-c2ccc(N(c3ccc4oc5cc(-c6nc(-c7ccccc7)nc(-c7ccccc7)n6)ccc5c4c3)c3cccc4c3oc3ccccc34)cc2)cc1. The van der Waals surface area contributed by atoms with Crippen molar-refractivity contribution in [2.24, 2.45) is 0 Å². The summed E-state index contributed by atoms with van der Waals surface area (Å²) in [6.07, 6.45) is 0. The molecule has 11 rings (SSSR count). The molecular formula is C51H32N4O2. The second-order valence-electron chi connectivity index (χ2n) is 14.0. The van der Waals surface area contributed by atoms with Gasteiger partial charge in [0.2, 0.25) is 0 Å². The quantitative estimate of drug-likeness (QED) is 0.162. The number of furan rings is 2. The molecule has 0 unspecified atom stereocenters. The number of hydrogen-bond donors (Lipinski definition) is 0. The van der Waals surface area contributed by atoms with Gasteiger partial charge in [-0.3, -0.25) is 0 Å². The van der Waals surface area contributed by atoms with E-state index in [1.54, 1.807) is 0 Å². The molecule has 8 aromatic carbocycles. The molecule has 6 nitrogen and oxygen atoms in total. The molecule has 0 bridgehead atoms. The lowest BCUT2D eigenvalue weighted by molar-refractivity contribution is 0.669. The van der Waals surface area contributed by atoms with Gasteiger partial charge in [0.1, 0.15) is 16.7 Å². The molecule has 0 fully saturated rings. The molecule has 57 heavy (non-hydrogen) atoms. The molecule has 0 saturated heterocycles. The Morgan fingerprint density at radius 1 is 0.316 bits per heavy atom. The normalized spacial score (nSPS) is 11.5. The van der Waals surface area contributed by atoms with Gasteiger partial charge in [-0.15, -0.1) is 0 Å². The first-order chi connectivity index (χ1) is 28.2. The Morgan fingerprint density at radius 3 is 1.54 bits per heavy atom. The van der Waals surface area contributed by atoms with Crippen molar-refractivity contribution in [1.82, 2.24) is 15.0 Å². The van der Waals surface area contributed by atoms with Crippen LogP contribution in [-0.2, 0) is 0 Å². The standard InChI is InChI=1S/C51H32N4O2/c1-4-13-33(14-5-1)34-23-26-38(27-24-34)55(44-21-12-20-42-40-19-10-11-22-45(40)57-48(42)44)39-28-30-46-43(32-39)41-29-25-37(31-47(41)56-46)51-53-49(35-15-6-2-7-16-35)52-50(54-51)36-17-8-3-9-18-36/h1-32H. The van der Waals surface area contributed by atoms with Crippen molar-refractivity contribution in [1.29, 1.82) is 0 Å². The minimum absolute atomic E-state index is 0.579. The van der Waals surface area contributed by atoms with E-state index >= 15 is 0 Å². The van der Waals surface area contributed by atoms with Crippen LogP contribution in [0.2, 0.25) is 0 Å². The van der Waals surface area contributed by atoms with E-state index in [2.05, 4.69) is 114 Å². The van der Waals surface area contributed by atoms with E-state index in [4.69, 9.17) is 23.8 Å². The molecule has 0 N–H and O–H groups in total. The molecule has 0 saturated carbocycles. The molecule has 6 heteroatoms. The van der Waals surface area contributed by atoms with Gasteiger partial charge in [-0.05, 0) is 65.7 Å². The minimum Gasteiger partial charge on any atom is -0.456 e. The number of fused-ring (bicyclic) bond motifs is 6. The van der Waals surface area contributed by atoms with Crippen molar-refractivity contribution in [2.75, 3.05) is 4.90 Å². The monoisotopic (exact) mass is 732 g/mol. The molecule has 0 spiro atoms. The largest absolute Gasteiger partial charge is 0.456 e. The predicted octanol–water partition coefficient (Wildman–Crippen LogP) is 13.8. The Kier molecular flexibility index (Phi) is 7.71. The van der Waals surface area contributed by atoms with Crippen LogP contribution in [0.5, 0.6) is 0 Å². The number of para-hydroxylation sites is 2. The Bertz CT molecular complexity index is 3170. The van der Waals surface area contributed by atoms with Crippen LogP contribution in [0.3, 0.4) is 0 Å². The molecule has 0 aliphatic carbocycles. The zero-order chi connectivity index (χ0) is 37.7. The van der Waals surface area contributed by atoms with E-state index in [0.29, 0.717) is 17.5 Å². The number of hydrogen-bond acceptors (Lipinski definition) is 6. The van der Waals surface area contributed by atoms with E-state index in [1.807, 2.05) is 84.9 Å². The van der Waals surface area contributed by atoms with Crippen molar-refractivity contribution in [3.05, 3.63) is 194 Å².